The molecule has 164 valence electrons. The second-order valence-corrected chi connectivity index (χ2v) is 11.3. The number of hydrogen-bond donors (Lipinski definition) is 0. The van der Waals surface area contributed by atoms with Crippen LogP contribution in [0.4, 0.5) is 0 Å². The number of esters is 1. The van der Waals surface area contributed by atoms with Gasteiger partial charge in [0.25, 0.3) is 0 Å². The number of sulfonamides is 1. The van der Waals surface area contributed by atoms with E-state index in [1.807, 2.05) is 0 Å². The summed E-state index contributed by atoms with van der Waals surface area (Å²) in [5.41, 5.74) is -0.696. The van der Waals surface area contributed by atoms with Gasteiger partial charge in [-0.25, -0.2) is 13.4 Å². The van der Waals surface area contributed by atoms with Crippen LogP contribution < -0.4 is 0 Å². The maximum absolute atomic E-state index is 13.5. The van der Waals surface area contributed by atoms with E-state index in [1.54, 1.807) is 26.8 Å². The Morgan fingerprint density at radius 3 is 2.50 bits per heavy atom. The zero-order valence-electron chi connectivity index (χ0n) is 17.3. The van der Waals surface area contributed by atoms with Crippen LogP contribution in [0.1, 0.15) is 46.5 Å². The SMILES string of the molecule is CC(C)(C)OC(=O)CN(CC1CCCC1)S(=O)(=O)c1ccc2c(Cl)cnc(Cl)c2c1. The minimum atomic E-state index is -3.96. The second-order valence-electron chi connectivity index (χ2n) is 8.64. The molecule has 2 aromatic rings. The number of benzene rings is 1. The van der Waals surface area contributed by atoms with Crippen molar-refractivity contribution in [1.29, 1.82) is 0 Å². The molecule has 1 aliphatic rings. The Kier molecular flexibility index (Phi) is 6.97. The average Bonchev–Trinajstić information content (AvgIpc) is 3.15. The molecule has 0 N–H and O–H groups in total. The maximum Gasteiger partial charge on any atom is 0.321 e. The molecule has 1 aromatic heterocycles. The molecule has 0 bridgehead atoms. The van der Waals surface area contributed by atoms with E-state index in [1.165, 1.54) is 22.6 Å². The number of halogens is 2. The predicted octanol–water partition coefficient (Wildman–Crippen LogP) is 5.06. The second kappa shape index (κ2) is 8.99. The van der Waals surface area contributed by atoms with Crippen molar-refractivity contribution in [3.05, 3.63) is 34.6 Å². The van der Waals surface area contributed by atoms with Gasteiger partial charge in [0.1, 0.15) is 17.3 Å². The lowest BCUT2D eigenvalue weighted by Crippen LogP contribution is -2.41. The van der Waals surface area contributed by atoms with E-state index in [0.29, 0.717) is 15.8 Å². The normalized spacial score (nSPS) is 15.8. The van der Waals surface area contributed by atoms with Crippen molar-refractivity contribution in [3.63, 3.8) is 0 Å². The molecule has 0 spiro atoms. The molecule has 0 atom stereocenters. The van der Waals surface area contributed by atoms with Gasteiger partial charge in [-0.15, -0.1) is 0 Å². The average molecular weight is 473 g/mol. The van der Waals surface area contributed by atoms with Gasteiger partial charge >= 0.3 is 5.97 Å². The first-order chi connectivity index (χ1) is 14.0. The topological polar surface area (TPSA) is 76.6 Å². The number of nitrogens with zero attached hydrogens (tertiary/aromatic N) is 2. The van der Waals surface area contributed by atoms with Crippen molar-refractivity contribution >= 4 is 50.0 Å². The van der Waals surface area contributed by atoms with Crippen LogP contribution in [0.15, 0.2) is 29.3 Å². The van der Waals surface area contributed by atoms with E-state index in [-0.39, 0.29) is 29.1 Å². The third-order valence-corrected chi connectivity index (χ3v) is 7.47. The lowest BCUT2D eigenvalue weighted by Gasteiger charge is -2.26. The van der Waals surface area contributed by atoms with E-state index >= 15 is 0 Å². The van der Waals surface area contributed by atoms with Crippen molar-refractivity contribution in [2.75, 3.05) is 13.1 Å². The summed E-state index contributed by atoms with van der Waals surface area (Å²) in [5.74, 6) is -0.352. The Morgan fingerprint density at radius 2 is 1.87 bits per heavy atom. The number of carbonyl (C=O) groups excluding carboxylic acids is 1. The van der Waals surface area contributed by atoms with Gasteiger partial charge in [0.15, 0.2) is 0 Å². The van der Waals surface area contributed by atoms with Gasteiger partial charge in [-0.2, -0.15) is 4.31 Å². The first kappa shape index (κ1) is 23.3. The van der Waals surface area contributed by atoms with Gasteiger partial charge < -0.3 is 4.74 Å². The standard InChI is InChI=1S/C21H26Cl2N2O4S/c1-21(2,3)29-19(26)13-25(12-14-6-4-5-7-14)30(27,28)15-8-9-16-17(10-15)20(23)24-11-18(16)22/h8-11,14H,4-7,12-13H2,1-3H3. The molecule has 30 heavy (non-hydrogen) atoms. The van der Waals surface area contributed by atoms with Crippen molar-refractivity contribution < 1.29 is 17.9 Å². The largest absolute Gasteiger partial charge is 0.459 e. The summed E-state index contributed by atoms with van der Waals surface area (Å²) < 4.78 is 33.6. The maximum atomic E-state index is 13.5. The van der Waals surface area contributed by atoms with E-state index in [9.17, 15) is 13.2 Å². The fraction of sp³-hybridized carbons (Fsp3) is 0.524. The molecule has 0 saturated heterocycles. The molecule has 1 aromatic carbocycles. The zero-order chi connectivity index (χ0) is 22.1. The zero-order valence-corrected chi connectivity index (χ0v) is 19.6. The van der Waals surface area contributed by atoms with Gasteiger partial charge in [0, 0.05) is 23.5 Å². The van der Waals surface area contributed by atoms with Crippen LogP contribution >= 0.6 is 23.2 Å². The first-order valence-corrected chi connectivity index (χ1v) is 12.1. The van der Waals surface area contributed by atoms with Crippen LogP contribution in [0.2, 0.25) is 10.2 Å². The number of fused-ring (bicyclic) bond motifs is 1. The quantitative estimate of drug-likeness (QED) is 0.433. The third-order valence-electron chi connectivity index (χ3n) is 5.06. The van der Waals surface area contributed by atoms with Gasteiger partial charge in [-0.3, -0.25) is 4.79 Å². The van der Waals surface area contributed by atoms with Crippen LogP contribution in [-0.2, 0) is 19.6 Å². The third kappa shape index (κ3) is 5.44. The van der Waals surface area contributed by atoms with Crippen molar-refractivity contribution in [2.45, 2.75) is 57.0 Å². The van der Waals surface area contributed by atoms with Crippen LogP contribution in [-0.4, -0.2) is 42.4 Å². The smallest absolute Gasteiger partial charge is 0.321 e. The lowest BCUT2D eigenvalue weighted by molar-refractivity contribution is -0.155. The van der Waals surface area contributed by atoms with Crippen molar-refractivity contribution in [3.8, 4) is 0 Å². The fourth-order valence-electron chi connectivity index (χ4n) is 3.71. The fourth-order valence-corrected chi connectivity index (χ4v) is 5.62. The molecule has 1 saturated carbocycles. The number of ether oxygens (including phenoxy) is 1. The number of pyridine rings is 1. The monoisotopic (exact) mass is 472 g/mol. The number of rotatable bonds is 6. The molecular formula is C21H26Cl2N2O4S. The molecule has 0 aliphatic heterocycles. The Balaban J connectivity index is 1.96. The highest BCUT2D eigenvalue weighted by Gasteiger charge is 2.32. The minimum absolute atomic E-state index is 0.0440. The summed E-state index contributed by atoms with van der Waals surface area (Å²) in [4.78, 5) is 16.5. The summed E-state index contributed by atoms with van der Waals surface area (Å²) in [5, 5.41) is 1.62. The Hall–Kier alpha value is -1.41. The number of carbonyl (C=O) groups is 1. The Morgan fingerprint density at radius 1 is 1.20 bits per heavy atom. The molecular weight excluding hydrogens is 447 g/mol. The molecule has 1 fully saturated rings. The highest BCUT2D eigenvalue weighted by molar-refractivity contribution is 7.89. The summed E-state index contributed by atoms with van der Waals surface area (Å²) in [6.07, 6.45) is 5.46. The molecule has 6 nitrogen and oxygen atoms in total. The Labute approximate surface area is 187 Å². The van der Waals surface area contributed by atoms with Crippen molar-refractivity contribution in [2.24, 2.45) is 5.92 Å². The summed E-state index contributed by atoms with van der Waals surface area (Å²) in [6, 6.07) is 4.55. The summed E-state index contributed by atoms with van der Waals surface area (Å²) >= 11 is 12.3. The van der Waals surface area contributed by atoms with Crippen LogP contribution in [0.3, 0.4) is 0 Å². The Bertz CT molecular complexity index is 1040. The van der Waals surface area contributed by atoms with E-state index in [2.05, 4.69) is 4.98 Å². The molecule has 1 aliphatic carbocycles. The van der Waals surface area contributed by atoms with Gasteiger partial charge in [0.2, 0.25) is 10.0 Å². The molecule has 9 heteroatoms. The first-order valence-electron chi connectivity index (χ1n) is 9.93. The highest BCUT2D eigenvalue weighted by atomic mass is 35.5. The summed E-state index contributed by atoms with van der Waals surface area (Å²) in [6.45, 7) is 5.20. The predicted molar refractivity (Wildman–Crippen MR) is 118 cm³/mol. The van der Waals surface area contributed by atoms with Gasteiger partial charge in [-0.1, -0.05) is 42.1 Å². The molecule has 0 radical (unpaired) electrons. The summed E-state index contributed by atoms with van der Waals surface area (Å²) in [7, 11) is -3.96. The van der Waals surface area contributed by atoms with Crippen molar-refractivity contribution in [1.82, 2.24) is 9.29 Å². The lowest BCUT2D eigenvalue weighted by atomic mass is 10.1. The number of hydrogen-bond acceptors (Lipinski definition) is 5. The van der Waals surface area contributed by atoms with Gasteiger partial charge in [-0.05, 0) is 51.7 Å². The van der Waals surface area contributed by atoms with Crippen LogP contribution in [0.25, 0.3) is 10.8 Å². The molecule has 3 rings (SSSR count). The highest BCUT2D eigenvalue weighted by Crippen LogP contribution is 2.32. The van der Waals surface area contributed by atoms with Crippen LogP contribution in [0, 0.1) is 5.92 Å². The number of aromatic nitrogens is 1. The van der Waals surface area contributed by atoms with E-state index < -0.39 is 21.6 Å². The van der Waals surface area contributed by atoms with Crippen LogP contribution in [0.5, 0.6) is 0 Å². The molecule has 0 amide bonds. The molecule has 1 heterocycles. The minimum Gasteiger partial charge on any atom is -0.459 e. The molecule has 0 unspecified atom stereocenters. The van der Waals surface area contributed by atoms with E-state index in [0.717, 1.165) is 25.7 Å². The van der Waals surface area contributed by atoms with E-state index in [4.69, 9.17) is 27.9 Å². The van der Waals surface area contributed by atoms with Gasteiger partial charge in [0.05, 0.1) is 9.92 Å².